The Morgan fingerprint density at radius 2 is 1.76 bits per heavy atom. The second-order valence-corrected chi connectivity index (χ2v) is 6.11. The van der Waals surface area contributed by atoms with E-state index in [-0.39, 0.29) is 5.38 Å². The molecule has 0 aromatic heterocycles. The van der Waals surface area contributed by atoms with Gasteiger partial charge in [0.2, 0.25) is 0 Å². The Morgan fingerprint density at radius 3 is 2.41 bits per heavy atom. The van der Waals surface area contributed by atoms with Crippen LogP contribution in [0, 0.1) is 3.57 Å². The summed E-state index contributed by atoms with van der Waals surface area (Å²) >= 11 is 20.7. The van der Waals surface area contributed by atoms with E-state index in [0.29, 0.717) is 10.0 Å². The summed E-state index contributed by atoms with van der Waals surface area (Å²) in [6, 6.07) is 13.4. The van der Waals surface area contributed by atoms with Crippen molar-refractivity contribution in [3.63, 3.8) is 0 Å². The minimum absolute atomic E-state index is 0.255. The molecular formula is C13H8Cl3I. The fraction of sp³-hybridized carbons (Fsp3) is 0.0769. The Balaban J connectivity index is 2.40. The number of halogens is 4. The zero-order valence-corrected chi connectivity index (χ0v) is 13.1. The highest BCUT2D eigenvalue weighted by Crippen LogP contribution is 2.35. The van der Waals surface area contributed by atoms with Crippen LogP contribution in [0.1, 0.15) is 16.5 Å². The molecule has 0 saturated heterocycles. The largest absolute Gasteiger partial charge is 0.113 e. The molecule has 88 valence electrons. The van der Waals surface area contributed by atoms with Gasteiger partial charge in [0.25, 0.3) is 0 Å². The summed E-state index contributed by atoms with van der Waals surface area (Å²) in [6.07, 6.45) is 0. The van der Waals surface area contributed by atoms with Crippen molar-refractivity contribution in [2.75, 3.05) is 0 Å². The molecule has 0 nitrogen and oxygen atoms in total. The van der Waals surface area contributed by atoms with Crippen LogP contribution >= 0.6 is 57.4 Å². The molecular weight excluding hydrogens is 389 g/mol. The van der Waals surface area contributed by atoms with Crippen molar-refractivity contribution in [3.05, 3.63) is 67.2 Å². The van der Waals surface area contributed by atoms with Crippen LogP contribution in [0.15, 0.2) is 42.5 Å². The first-order chi connectivity index (χ1) is 8.08. The Labute approximate surface area is 129 Å². The highest BCUT2D eigenvalue weighted by Gasteiger charge is 2.14. The van der Waals surface area contributed by atoms with Crippen LogP contribution in [0.25, 0.3) is 0 Å². The first kappa shape index (κ1) is 13.5. The van der Waals surface area contributed by atoms with Gasteiger partial charge in [-0.25, -0.2) is 0 Å². The normalized spacial score (nSPS) is 12.5. The molecule has 1 atom stereocenters. The molecule has 2 aromatic rings. The van der Waals surface area contributed by atoms with Gasteiger partial charge in [0.05, 0.1) is 5.38 Å². The Hall–Kier alpha value is 0.0400. The molecule has 2 rings (SSSR count). The maximum atomic E-state index is 6.43. The van der Waals surface area contributed by atoms with E-state index in [1.807, 2.05) is 30.3 Å². The Kier molecular flexibility index (Phi) is 4.59. The molecule has 17 heavy (non-hydrogen) atoms. The van der Waals surface area contributed by atoms with E-state index in [9.17, 15) is 0 Å². The quantitative estimate of drug-likeness (QED) is 0.435. The van der Waals surface area contributed by atoms with Crippen molar-refractivity contribution < 1.29 is 0 Å². The third kappa shape index (κ3) is 3.28. The van der Waals surface area contributed by atoms with E-state index < -0.39 is 0 Å². The maximum Gasteiger partial charge on any atom is 0.0850 e. The van der Waals surface area contributed by atoms with E-state index in [4.69, 9.17) is 34.8 Å². The van der Waals surface area contributed by atoms with E-state index in [1.165, 1.54) is 0 Å². The van der Waals surface area contributed by atoms with Gasteiger partial charge in [-0.05, 0) is 58.0 Å². The van der Waals surface area contributed by atoms with E-state index >= 15 is 0 Å². The van der Waals surface area contributed by atoms with E-state index in [0.717, 1.165) is 14.7 Å². The molecule has 0 radical (unpaired) electrons. The van der Waals surface area contributed by atoms with Gasteiger partial charge < -0.3 is 0 Å². The summed E-state index contributed by atoms with van der Waals surface area (Å²) in [5, 5.41) is 0.955. The smallest absolute Gasteiger partial charge is 0.0850 e. The second-order valence-electron chi connectivity index (χ2n) is 3.58. The molecule has 0 spiro atoms. The third-order valence-electron chi connectivity index (χ3n) is 2.38. The van der Waals surface area contributed by atoms with Gasteiger partial charge in [-0.1, -0.05) is 41.4 Å². The molecule has 2 aromatic carbocycles. The number of hydrogen-bond acceptors (Lipinski definition) is 0. The number of alkyl halides is 1. The van der Waals surface area contributed by atoms with Crippen LogP contribution < -0.4 is 0 Å². The van der Waals surface area contributed by atoms with Crippen molar-refractivity contribution >= 4 is 57.4 Å². The lowest BCUT2D eigenvalue weighted by Crippen LogP contribution is -1.94. The lowest BCUT2D eigenvalue weighted by molar-refractivity contribution is 1.14. The zero-order chi connectivity index (χ0) is 12.4. The van der Waals surface area contributed by atoms with Gasteiger partial charge in [-0.3, -0.25) is 0 Å². The standard InChI is InChI=1S/C13H8Cl3I/c14-9-4-5-11(12(15)7-9)13(16)8-2-1-3-10(17)6-8/h1-7,13H. The van der Waals surface area contributed by atoms with E-state index in [1.54, 1.807) is 12.1 Å². The molecule has 0 fully saturated rings. The SMILES string of the molecule is Clc1ccc(C(Cl)c2cccc(I)c2)c(Cl)c1. The van der Waals surface area contributed by atoms with Crippen molar-refractivity contribution in [2.45, 2.75) is 5.38 Å². The lowest BCUT2D eigenvalue weighted by atomic mass is 10.0. The summed E-state index contributed by atoms with van der Waals surface area (Å²) in [6.45, 7) is 0. The van der Waals surface area contributed by atoms with Crippen LogP contribution in [0.5, 0.6) is 0 Å². The van der Waals surface area contributed by atoms with Crippen molar-refractivity contribution in [1.82, 2.24) is 0 Å². The molecule has 0 N–H and O–H groups in total. The monoisotopic (exact) mass is 396 g/mol. The maximum absolute atomic E-state index is 6.43. The Morgan fingerprint density at radius 1 is 1.00 bits per heavy atom. The van der Waals surface area contributed by atoms with Crippen LogP contribution in [0.3, 0.4) is 0 Å². The van der Waals surface area contributed by atoms with Gasteiger partial charge in [0, 0.05) is 13.6 Å². The van der Waals surface area contributed by atoms with Gasteiger partial charge in [-0.15, -0.1) is 11.6 Å². The highest BCUT2D eigenvalue weighted by molar-refractivity contribution is 14.1. The average Bonchev–Trinajstić information content (AvgIpc) is 2.28. The minimum atomic E-state index is -0.255. The van der Waals surface area contributed by atoms with Crippen molar-refractivity contribution in [1.29, 1.82) is 0 Å². The third-order valence-corrected chi connectivity index (χ3v) is 4.10. The van der Waals surface area contributed by atoms with Crippen molar-refractivity contribution in [3.8, 4) is 0 Å². The molecule has 4 heteroatoms. The molecule has 0 aliphatic rings. The number of hydrogen-bond donors (Lipinski definition) is 0. The van der Waals surface area contributed by atoms with Crippen LogP contribution in [0.2, 0.25) is 10.0 Å². The fourth-order valence-electron chi connectivity index (χ4n) is 1.55. The lowest BCUT2D eigenvalue weighted by Gasteiger charge is -2.12. The van der Waals surface area contributed by atoms with Crippen LogP contribution in [0.4, 0.5) is 0 Å². The summed E-state index contributed by atoms with van der Waals surface area (Å²) in [5.41, 5.74) is 1.91. The Bertz CT molecular complexity index is 540. The second kappa shape index (κ2) is 5.79. The summed E-state index contributed by atoms with van der Waals surface area (Å²) in [7, 11) is 0. The fourth-order valence-corrected chi connectivity index (χ4v) is 3.02. The number of rotatable bonds is 2. The highest BCUT2D eigenvalue weighted by atomic mass is 127. The van der Waals surface area contributed by atoms with Crippen LogP contribution in [-0.2, 0) is 0 Å². The molecule has 1 unspecified atom stereocenters. The predicted molar refractivity (Wildman–Crippen MR) is 83.3 cm³/mol. The average molecular weight is 397 g/mol. The molecule has 0 amide bonds. The molecule has 0 aliphatic heterocycles. The first-order valence-corrected chi connectivity index (χ1v) is 7.19. The predicted octanol–water partition coefficient (Wildman–Crippen LogP) is 5.93. The minimum Gasteiger partial charge on any atom is -0.113 e. The zero-order valence-electron chi connectivity index (χ0n) is 8.63. The summed E-state index contributed by atoms with van der Waals surface area (Å²) < 4.78 is 1.15. The van der Waals surface area contributed by atoms with Gasteiger partial charge in [0.1, 0.15) is 0 Å². The van der Waals surface area contributed by atoms with Gasteiger partial charge in [0.15, 0.2) is 0 Å². The first-order valence-electron chi connectivity index (χ1n) is 4.92. The number of benzene rings is 2. The molecule has 0 heterocycles. The molecule has 0 bridgehead atoms. The molecule has 0 aliphatic carbocycles. The van der Waals surface area contributed by atoms with Crippen molar-refractivity contribution in [2.24, 2.45) is 0 Å². The summed E-state index contributed by atoms with van der Waals surface area (Å²) in [5.74, 6) is 0. The summed E-state index contributed by atoms with van der Waals surface area (Å²) in [4.78, 5) is 0. The van der Waals surface area contributed by atoms with Crippen LogP contribution in [-0.4, -0.2) is 0 Å². The van der Waals surface area contributed by atoms with Gasteiger partial charge in [-0.2, -0.15) is 0 Å². The molecule has 0 saturated carbocycles. The van der Waals surface area contributed by atoms with Gasteiger partial charge >= 0.3 is 0 Å². The van der Waals surface area contributed by atoms with E-state index in [2.05, 4.69) is 22.6 Å². The topological polar surface area (TPSA) is 0 Å².